The van der Waals surface area contributed by atoms with Crippen LogP contribution >= 0.6 is 0 Å². The number of alkyl halides is 3. The van der Waals surface area contributed by atoms with Crippen molar-refractivity contribution in [1.82, 2.24) is 0 Å². The molecule has 1 aromatic carbocycles. The Labute approximate surface area is 107 Å². The van der Waals surface area contributed by atoms with Crippen LogP contribution < -0.4 is 10.1 Å². The van der Waals surface area contributed by atoms with Crippen LogP contribution in [0.2, 0.25) is 0 Å². The quantitative estimate of drug-likeness (QED) is 0.757. The number of rotatable bonds is 0. The molecule has 3 rings (SSSR count). The zero-order valence-corrected chi connectivity index (χ0v) is 9.79. The van der Waals surface area contributed by atoms with Gasteiger partial charge in [0.1, 0.15) is 5.75 Å². The molecule has 1 aromatic rings. The van der Waals surface area contributed by atoms with Gasteiger partial charge in [-0.25, -0.2) is 0 Å². The Morgan fingerprint density at radius 3 is 2.84 bits per heavy atom. The molecule has 1 aliphatic heterocycles. The first-order chi connectivity index (χ1) is 9.04. The van der Waals surface area contributed by atoms with Gasteiger partial charge < -0.3 is 10.1 Å². The maximum atomic E-state index is 12.7. The topological polar surface area (TPSA) is 21.3 Å². The van der Waals surface area contributed by atoms with Crippen molar-refractivity contribution in [2.45, 2.75) is 12.6 Å². The summed E-state index contributed by atoms with van der Waals surface area (Å²) in [6.07, 6.45) is 3.53. The summed E-state index contributed by atoms with van der Waals surface area (Å²) < 4.78 is 43.5. The van der Waals surface area contributed by atoms with Crippen LogP contribution in [0.15, 0.2) is 54.0 Å². The Hall–Kier alpha value is -2.17. The molecule has 5 heteroatoms. The van der Waals surface area contributed by atoms with Crippen molar-refractivity contribution in [3.05, 3.63) is 59.5 Å². The van der Waals surface area contributed by atoms with Gasteiger partial charge in [-0.2, -0.15) is 13.2 Å². The van der Waals surface area contributed by atoms with Gasteiger partial charge in [0.05, 0.1) is 17.5 Å². The normalized spacial score (nSPS) is 17.2. The van der Waals surface area contributed by atoms with Crippen molar-refractivity contribution in [3.8, 4) is 5.75 Å². The average molecular weight is 265 g/mol. The number of halogens is 3. The Morgan fingerprint density at radius 2 is 2.05 bits per heavy atom. The predicted octanol–water partition coefficient (Wildman–Crippen LogP) is 4.24. The molecule has 1 heterocycles. The second kappa shape index (κ2) is 4.19. The highest BCUT2D eigenvalue weighted by atomic mass is 19.4. The lowest BCUT2D eigenvalue weighted by Gasteiger charge is -2.14. The molecule has 0 spiro atoms. The Kier molecular flexibility index (Phi) is 2.62. The highest BCUT2D eigenvalue weighted by molar-refractivity contribution is 5.66. The minimum Gasteiger partial charge on any atom is -0.462 e. The fraction of sp³-hybridized carbons (Fsp3) is 0.143. The number of ether oxygens (including phenoxy) is 1. The van der Waals surface area contributed by atoms with Crippen LogP contribution in [0.5, 0.6) is 5.75 Å². The number of anilines is 1. The third kappa shape index (κ3) is 2.23. The summed E-state index contributed by atoms with van der Waals surface area (Å²) in [4.78, 5) is 0. The van der Waals surface area contributed by atoms with E-state index in [9.17, 15) is 13.2 Å². The first-order valence-electron chi connectivity index (χ1n) is 5.75. The second-order valence-corrected chi connectivity index (χ2v) is 4.31. The molecule has 0 fully saturated rings. The maximum absolute atomic E-state index is 12.7. The Morgan fingerprint density at radius 1 is 1.21 bits per heavy atom. The van der Waals surface area contributed by atoms with Gasteiger partial charge in [-0.15, -0.1) is 0 Å². The fourth-order valence-electron chi connectivity index (χ4n) is 2.00. The van der Waals surface area contributed by atoms with Gasteiger partial charge >= 0.3 is 6.18 Å². The van der Waals surface area contributed by atoms with Gasteiger partial charge in [0.25, 0.3) is 0 Å². The largest absolute Gasteiger partial charge is 0.462 e. The summed E-state index contributed by atoms with van der Waals surface area (Å²) in [6, 6.07) is 3.40. The summed E-state index contributed by atoms with van der Waals surface area (Å²) in [5, 5.41) is 2.99. The van der Waals surface area contributed by atoms with E-state index >= 15 is 0 Å². The van der Waals surface area contributed by atoms with Gasteiger partial charge in [0.15, 0.2) is 0 Å². The van der Waals surface area contributed by atoms with E-state index in [1.54, 1.807) is 6.26 Å². The van der Waals surface area contributed by atoms with E-state index in [-0.39, 0.29) is 0 Å². The van der Waals surface area contributed by atoms with E-state index in [1.165, 1.54) is 6.07 Å². The predicted molar refractivity (Wildman–Crippen MR) is 65.6 cm³/mol. The summed E-state index contributed by atoms with van der Waals surface area (Å²) in [6.45, 7) is 0. The molecule has 1 aliphatic carbocycles. The molecule has 2 aliphatic rings. The molecule has 0 radical (unpaired) electrons. The van der Waals surface area contributed by atoms with Crippen LogP contribution in [0.25, 0.3) is 0 Å². The molecule has 0 bridgehead atoms. The van der Waals surface area contributed by atoms with Crippen molar-refractivity contribution >= 4 is 5.69 Å². The summed E-state index contributed by atoms with van der Waals surface area (Å²) >= 11 is 0. The van der Waals surface area contributed by atoms with E-state index in [4.69, 9.17) is 4.74 Å². The van der Waals surface area contributed by atoms with Gasteiger partial charge in [0.2, 0.25) is 0 Å². The van der Waals surface area contributed by atoms with Crippen molar-refractivity contribution in [2.75, 3.05) is 5.32 Å². The van der Waals surface area contributed by atoms with Gasteiger partial charge in [0, 0.05) is 11.3 Å². The SMILES string of the molecule is FC(F)(F)c1ccc2c(c1)NC1=CC=CCC1=CO2. The smallest absolute Gasteiger partial charge is 0.416 e. The lowest BCUT2D eigenvalue weighted by Crippen LogP contribution is -2.07. The summed E-state index contributed by atoms with van der Waals surface area (Å²) in [5.41, 5.74) is 1.30. The minimum atomic E-state index is -4.36. The number of allylic oxidation sites excluding steroid dienone is 4. The molecule has 2 nitrogen and oxygen atoms in total. The van der Waals surface area contributed by atoms with Crippen molar-refractivity contribution in [1.29, 1.82) is 0 Å². The monoisotopic (exact) mass is 265 g/mol. The Balaban J connectivity index is 2.02. The number of benzene rings is 1. The first-order valence-corrected chi connectivity index (χ1v) is 5.75. The Bertz CT molecular complexity index is 612. The molecule has 0 amide bonds. The fourth-order valence-corrected chi connectivity index (χ4v) is 2.00. The first kappa shape index (κ1) is 11.9. The zero-order valence-electron chi connectivity index (χ0n) is 9.79. The summed E-state index contributed by atoms with van der Waals surface area (Å²) in [5.74, 6) is 0.385. The van der Waals surface area contributed by atoms with Gasteiger partial charge in [-0.05, 0) is 30.7 Å². The molecule has 1 N–H and O–H groups in total. The van der Waals surface area contributed by atoms with Crippen molar-refractivity contribution in [3.63, 3.8) is 0 Å². The highest BCUT2D eigenvalue weighted by Gasteiger charge is 2.31. The van der Waals surface area contributed by atoms with Crippen molar-refractivity contribution < 1.29 is 17.9 Å². The molecule has 98 valence electrons. The molecular weight excluding hydrogens is 255 g/mol. The van der Waals surface area contributed by atoms with Crippen LogP contribution in [0, 0.1) is 0 Å². The molecular formula is C14H10F3NO. The van der Waals surface area contributed by atoms with Crippen LogP contribution in [-0.4, -0.2) is 0 Å². The van der Waals surface area contributed by atoms with Crippen molar-refractivity contribution in [2.24, 2.45) is 0 Å². The average Bonchev–Trinajstić information content (AvgIpc) is 2.55. The van der Waals surface area contributed by atoms with E-state index in [2.05, 4.69) is 5.32 Å². The number of fused-ring (bicyclic) bond motifs is 2. The lowest BCUT2D eigenvalue weighted by atomic mass is 10.1. The van der Waals surface area contributed by atoms with Crippen LogP contribution in [-0.2, 0) is 6.18 Å². The molecule has 0 saturated heterocycles. The third-order valence-electron chi connectivity index (χ3n) is 2.99. The maximum Gasteiger partial charge on any atom is 0.416 e. The standard InChI is InChI=1S/C14H10F3NO/c15-14(16,17)10-5-6-13-12(7-10)18-11-4-2-1-3-9(11)8-19-13/h1-2,4-8,18H,3H2. The van der Waals surface area contributed by atoms with Gasteiger partial charge in [-0.3, -0.25) is 0 Å². The van der Waals surface area contributed by atoms with E-state index in [0.717, 1.165) is 23.4 Å². The van der Waals surface area contributed by atoms with E-state index in [1.807, 2.05) is 18.2 Å². The van der Waals surface area contributed by atoms with Gasteiger partial charge in [-0.1, -0.05) is 12.2 Å². The minimum absolute atomic E-state index is 0.322. The number of nitrogens with one attached hydrogen (secondary N) is 1. The molecule has 0 unspecified atom stereocenters. The molecule has 0 atom stereocenters. The second-order valence-electron chi connectivity index (χ2n) is 4.31. The van der Waals surface area contributed by atoms with Crippen LogP contribution in [0.4, 0.5) is 18.9 Å². The lowest BCUT2D eigenvalue weighted by molar-refractivity contribution is -0.137. The van der Waals surface area contributed by atoms with Crippen LogP contribution in [0.1, 0.15) is 12.0 Å². The van der Waals surface area contributed by atoms with Crippen LogP contribution in [0.3, 0.4) is 0 Å². The third-order valence-corrected chi connectivity index (χ3v) is 2.99. The zero-order chi connectivity index (χ0) is 13.5. The number of hydrogen-bond acceptors (Lipinski definition) is 2. The molecule has 0 aromatic heterocycles. The van der Waals surface area contributed by atoms with E-state index in [0.29, 0.717) is 17.9 Å². The highest BCUT2D eigenvalue weighted by Crippen LogP contribution is 2.38. The van der Waals surface area contributed by atoms with E-state index < -0.39 is 11.7 Å². The molecule has 19 heavy (non-hydrogen) atoms. The molecule has 0 saturated carbocycles. The summed E-state index contributed by atoms with van der Waals surface area (Å²) in [7, 11) is 0. The number of hydrogen-bond donors (Lipinski definition) is 1.